The standard InChI is InChI=1S/C9H13N3O/c1-2-9(13)12-8-5-7(6-10)3-4-11-8/h3-5H,2,6,10H2,1H3,(H,11,12,13). The number of hydrogen-bond donors (Lipinski definition) is 2. The second-order valence-corrected chi connectivity index (χ2v) is 2.66. The second kappa shape index (κ2) is 4.57. The zero-order valence-electron chi connectivity index (χ0n) is 7.58. The first-order valence-corrected chi connectivity index (χ1v) is 4.21. The summed E-state index contributed by atoms with van der Waals surface area (Å²) < 4.78 is 0. The fraction of sp³-hybridized carbons (Fsp3) is 0.333. The molecule has 4 nitrogen and oxygen atoms in total. The molecule has 0 atom stereocenters. The predicted molar refractivity (Wildman–Crippen MR) is 51.0 cm³/mol. The van der Waals surface area contributed by atoms with Crippen molar-refractivity contribution in [1.29, 1.82) is 0 Å². The Balaban J connectivity index is 2.71. The third-order valence-corrected chi connectivity index (χ3v) is 1.65. The molecule has 0 saturated carbocycles. The van der Waals surface area contributed by atoms with Crippen molar-refractivity contribution >= 4 is 11.7 Å². The highest BCUT2D eigenvalue weighted by atomic mass is 16.1. The van der Waals surface area contributed by atoms with E-state index in [4.69, 9.17) is 5.73 Å². The lowest BCUT2D eigenvalue weighted by Crippen LogP contribution is -2.11. The van der Waals surface area contributed by atoms with Gasteiger partial charge in [0, 0.05) is 19.2 Å². The van der Waals surface area contributed by atoms with Crippen LogP contribution in [0, 0.1) is 0 Å². The van der Waals surface area contributed by atoms with Crippen LogP contribution < -0.4 is 11.1 Å². The van der Waals surface area contributed by atoms with Crippen LogP contribution in [0.5, 0.6) is 0 Å². The minimum Gasteiger partial charge on any atom is -0.326 e. The number of carbonyl (C=O) groups excluding carboxylic acids is 1. The Bertz CT molecular complexity index is 299. The van der Waals surface area contributed by atoms with E-state index in [-0.39, 0.29) is 5.91 Å². The first-order chi connectivity index (χ1) is 6.26. The number of rotatable bonds is 3. The van der Waals surface area contributed by atoms with Gasteiger partial charge in [0.15, 0.2) is 0 Å². The fourth-order valence-corrected chi connectivity index (χ4v) is 0.901. The van der Waals surface area contributed by atoms with Crippen LogP contribution in [0.25, 0.3) is 0 Å². The molecule has 0 aliphatic heterocycles. The fourth-order valence-electron chi connectivity index (χ4n) is 0.901. The summed E-state index contributed by atoms with van der Waals surface area (Å²) in [5.41, 5.74) is 6.40. The van der Waals surface area contributed by atoms with Gasteiger partial charge in [-0.2, -0.15) is 0 Å². The Labute approximate surface area is 77.2 Å². The quantitative estimate of drug-likeness (QED) is 0.724. The minimum absolute atomic E-state index is 0.0401. The van der Waals surface area contributed by atoms with Crippen LogP contribution >= 0.6 is 0 Å². The lowest BCUT2D eigenvalue weighted by Gasteiger charge is -2.03. The molecule has 0 aliphatic carbocycles. The first-order valence-electron chi connectivity index (χ1n) is 4.21. The molecule has 70 valence electrons. The van der Waals surface area contributed by atoms with E-state index < -0.39 is 0 Å². The van der Waals surface area contributed by atoms with Gasteiger partial charge in [-0.1, -0.05) is 6.92 Å². The van der Waals surface area contributed by atoms with Gasteiger partial charge in [0.05, 0.1) is 0 Å². The normalized spacial score (nSPS) is 9.69. The molecule has 4 heteroatoms. The van der Waals surface area contributed by atoms with E-state index in [1.807, 2.05) is 6.07 Å². The molecule has 0 aliphatic rings. The maximum absolute atomic E-state index is 11.0. The van der Waals surface area contributed by atoms with Crippen LogP contribution in [-0.4, -0.2) is 10.9 Å². The van der Waals surface area contributed by atoms with E-state index in [2.05, 4.69) is 10.3 Å². The number of nitrogens with two attached hydrogens (primary N) is 1. The number of amides is 1. The van der Waals surface area contributed by atoms with Crippen LogP contribution in [0.1, 0.15) is 18.9 Å². The van der Waals surface area contributed by atoms with E-state index in [1.54, 1.807) is 19.2 Å². The lowest BCUT2D eigenvalue weighted by atomic mass is 10.2. The topological polar surface area (TPSA) is 68.0 Å². The summed E-state index contributed by atoms with van der Waals surface area (Å²) in [7, 11) is 0. The van der Waals surface area contributed by atoms with Gasteiger partial charge in [-0.25, -0.2) is 4.98 Å². The van der Waals surface area contributed by atoms with E-state index in [0.717, 1.165) is 5.56 Å². The van der Waals surface area contributed by atoms with Crippen molar-refractivity contribution in [2.75, 3.05) is 5.32 Å². The van der Waals surface area contributed by atoms with Gasteiger partial charge in [0.25, 0.3) is 0 Å². The monoisotopic (exact) mass is 179 g/mol. The molecule has 1 aromatic rings. The molecular weight excluding hydrogens is 166 g/mol. The summed E-state index contributed by atoms with van der Waals surface area (Å²) in [6.07, 6.45) is 2.09. The summed E-state index contributed by atoms with van der Waals surface area (Å²) in [6.45, 7) is 2.25. The molecule has 3 N–H and O–H groups in total. The Hall–Kier alpha value is -1.42. The minimum atomic E-state index is -0.0401. The molecule has 13 heavy (non-hydrogen) atoms. The molecule has 1 amide bonds. The van der Waals surface area contributed by atoms with Gasteiger partial charge in [0.1, 0.15) is 5.82 Å². The Morgan fingerprint density at radius 1 is 1.69 bits per heavy atom. The van der Waals surface area contributed by atoms with Crippen molar-refractivity contribution in [2.45, 2.75) is 19.9 Å². The highest BCUT2D eigenvalue weighted by molar-refractivity contribution is 5.89. The molecule has 1 rings (SSSR count). The van der Waals surface area contributed by atoms with Gasteiger partial charge >= 0.3 is 0 Å². The zero-order valence-corrected chi connectivity index (χ0v) is 7.58. The maximum Gasteiger partial charge on any atom is 0.225 e. The highest BCUT2D eigenvalue weighted by Crippen LogP contribution is 2.05. The van der Waals surface area contributed by atoms with Gasteiger partial charge in [0.2, 0.25) is 5.91 Å². The average molecular weight is 179 g/mol. The summed E-state index contributed by atoms with van der Waals surface area (Å²) in [6, 6.07) is 3.59. The Morgan fingerprint density at radius 2 is 2.46 bits per heavy atom. The molecule has 0 unspecified atom stereocenters. The van der Waals surface area contributed by atoms with Crippen molar-refractivity contribution in [3.8, 4) is 0 Å². The Kier molecular flexibility index (Phi) is 3.40. The maximum atomic E-state index is 11.0. The number of aromatic nitrogens is 1. The number of carbonyl (C=O) groups is 1. The zero-order chi connectivity index (χ0) is 9.68. The average Bonchev–Trinajstić information content (AvgIpc) is 2.18. The van der Waals surface area contributed by atoms with Crippen LogP contribution in [0.3, 0.4) is 0 Å². The summed E-state index contributed by atoms with van der Waals surface area (Å²) >= 11 is 0. The molecule has 1 aromatic heterocycles. The summed E-state index contributed by atoms with van der Waals surface area (Å²) in [5, 5.41) is 2.66. The van der Waals surface area contributed by atoms with Crippen LogP contribution in [0.15, 0.2) is 18.3 Å². The molecule has 0 saturated heterocycles. The molecule has 0 bridgehead atoms. The van der Waals surface area contributed by atoms with Gasteiger partial charge in [-0.3, -0.25) is 4.79 Å². The van der Waals surface area contributed by atoms with Crippen LogP contribution in [0.4, 0.5) is 5.82 Å². The van der Waals surface area contributed by atoms with Crippen molar-refractivity contribution in [3.05, 3.63) is 23.9 Å². The van der Waals surface area contributed by atoms with Crippen molar-refractivity contribution < 1.29 is 4.79 Å². The lowest BCUT2D eigenvalue weighted by molar-refractivity contribution is -0.115. The third kappa shape index (κ3) is 2.83. The largest absolute Gasteiger partial charge is 0.326 e. The van der Waals surface area contributed by atoms with Crippen molar-refractivity contribution in [1.82, 2.24) is 4.98 Å². The summed E-state index contributed by atoms with van der Waals surface area (Å²) in [4.78, 5) is 15.0. The number of nitrogens with zero attached hydrogens (tertiary/aromatic N) is 1. The van der Waals surface area contributed by atoms with Gasteiger partial charge in [-0.15, -0.1) is 0 Å². The molecule has 0 aromatic carbocycles. The van der Waals surface area contributed by atoms with E-state index in [9.17, 15) is 4.79 Å². The van der Waals surface area contributed by atoms with Crippen LogP contribution in [0.2, 0.25) is 0 Å². The highest BCUT2D eigenvalue weighted by Gasteiger charge is 1.99. The molecule has 0 radical (unpaired) electrons. The van der Waals surface area contributed by atoms with E-state index >= 15 is 0 Å². The number of nitrogens with one attached hydrogen (secondary N) is 1. The second-order valence-electron chi connectivity index (χ2n) is 2.66. The third-order valence-electron chi connectivity index (χ3n) is 1.65. The first kappa shape index (κ1) is 9.67. The Morgan fingerprint density at radius 3 is 3.08 bits per heavy atom. The van der Waals surface area contributed by atoms with Crippen molar-refractivity contribution in [2.24, 2.45) is 5.73 Å². The van der Waals surface area contributed by atoms with Gasteiger partial charge < -0.3 is 11.1 Å². The predicted octanol–water partition coefficient (Wildman–Crippen LogP) is 0.889. The SMILES string of the molecule is CCC(=O)Nc1cc(CN)ccn1. The van der Waals surface area contributed by atoms with E-state index in [1.165, 1.54) is 0 Å². The number of hydrogen-bond acceptors (Lipinski definition) is 3. The molecular formula is C9H13N3O. The van der Waals surface area contributed by atoms with Gasteiger partial charge in [-0.05, 0) is 17.7 Å². The summed E-state index contributed by atoms with van der Waals surface area (Å²) in [5.74, 6) is 0.525. The smallest absolute Gasteiger partial charge is 0.225 e. The molecule has 1 heterocycles. The number of anilines is 1. The van der Waals surface area contributed by atoms with Crippen molar-refractivity contribution in [3.63, 3.8) is 0 Å². The molecule has 0 spiro atoms. The van der Waals surface area contributed by atoms with Crippen LogP contribution in [-0.2, 0) is 11.3 Å². The molecule has 0 fully saturated rings. The van der Waals surface area contributed by atoms with E-state index in [0.29, 0.717) is 18.8 Å². The number of pyridine rings is 1.